The molecule has 0 unspecified atom stereocenters. The van der Waals surface area contributed by atoms with Crippen LogP contribution >= 0.6 is 11.6 Å². The zero-order valence-corrected chi connectivity index (χ0v) is 11.6. The monoisotopic (exact) mass is 310 g/mol. The standard InChI is InChI=1S/C14H12ClFN2O3/c15-11-7-10(1-2-12(11)16)18-14(20)13(19)17-5-3-9-4-6-21-8-9/h1-2,4,6-8H,3,5H2,(H,17,19)(H,18,20). The molecule has 0 atom stereocenters. The van der Waals surface area contributed by atoms with Crippen molar-refractivity contribution in [2.45, 2.75) is 6.42 Å². The van der Waals surface area contributed by atoms with E-state index in [-0.39, 0.29) is 10.7 Å². The molecular formula is C14H12ClFN2O3. The van der Waals surface area contributed by atoms with E-state index in [1.54, 1.807) is 12.3 Å². The van der Waals surface area contributed by atoms with Crippen molar-refractivity contribution in [2.24, 2.45) is 0 Å². The third-order valence-corrected chi connectivity index (χ3v) is 2.95. The zero-order valence-electron chi connectivity index (χ0n) is 10.9. The second-order valence-corrected chi connectivity index (χ2v) is 4.63. The Morgan fingerprint density at radius 2 is 2.05 bits per heavy atom. The minimum absolute atomic E-state index is 0.131. The van der Waals surface area contributed by atoms with Crippen molar-refractivity contribution in [3.05, 3.63) is 53.2 Å². The number of anilines is 1. The smallest absolute Gasteiger partial charge is 0.313 e. The maximum absolute atomic E-state index is 13.0. The van der Waals surface area contributed by atoms with Gasteiger partial charge in [-0.25, -0.2) is 4.39 Å². The van der Waals surface area contributed by atoms with Gasteiger partial charge in [-0.3, -0.25) is 9.59 Å². The van der Waals surface area contributed by atoms with Gasteiger partial charge >= 0.3 is 11.8 Å². The molecule has 1 heterocycles. The molecule has 0 spiro atoms. The van der Waals surface area contributed by atoms with Crippen LogP contribution in [0.4, 0.5) is 10.1 Å². The number of carbonyl (C=O) groups excluding carboxylic acids is 2. The summed E-state index contributed by atoms with van der Waals surface area (Å²) in [5.41, 5.74) is 1.16. The van der Waals surface area contributed by atoms with Gasteiger partial charge in [-0.2, -0.15) is 0 Å². The average molecular weight is 311 g/mol. The van der Waals surface area contributed by atoms with Crippen LogP contribution in [0.3, 0.4) is 0 Å². The van der Waals surface area contributed by atoms with Crippen molar-refractivity contribution in [3.63, 3.8) is 0 Å². The van der Waals surface area contributed by atoms with E-state index in [9.17, 15) is 14.0 Å². The lowest BCUT2D eigenvalue weighted by Gasteiger charge is -2.06. The summed E-state index contributed by atoms with van der Waals surface area (Å²) in [7, 11) is 0. The molecule has 7 heteroatoms. The number of halogens is 2. The molecule has 0 radical (unpaired) electrons. The van der Waals surface area contributed by atoms with E-state index >= 15 is 0 Å². The molecule has 2 amide bonds. The van der Waals surface area contributed by atoms with E-state index in [1.807, 2.05) is 0 Å². The summed E-state index contributed by atoms with van der Waals surface area (Å²) >= 11 is 5.58. The molecule has 5 nitrogen and oxygen atoms in total. The van der Waals surface area contributed by atoms with Gasteiger partial charge in [-0.05, 0) is 36.2 Å². The van der Waals surface area contributed by atoms with Crippen LogP contribution in [0, 0.1) is 5.82 Å². The van der Waals surface area contributed by atoms with Gasteiger partial charge in [-0.1, -0.05) is 11.6 Å². The number of nitrogens with one attached hydrogen (secondary N) is 2. The Labute approximate surface area is 125 Å². The number of hydrogen-bond acceptors (Lipinski definition) is 3. The summed E-state index contributed by atoms with van der Waals surface area (Å²) in [6.07, 6.45) is 3.65. The lowest BCUT2D eigenvalue weighted by molar-refractivity contribution is -0.136. The van der Waals surface area contributed by atoms with Crippen molar-refractivity contribution in [1.29, 1.82) is 0 Å². The average Bonchev–Trinajstić information content (AvgIpc) is 2.96. The lowest BCUT2D eigenvalue weighted by atomic mass is 10.2. The Balaban J connectivity index is 1.81. The molecule has 21 heavy (non-hydrogen) atoms. The summed E-state index contributed by atoms with van der Waals surface area (Å²) in [6, 6.07) is 5.42. The molecule has 0 bridgehead atoms. The highest BCUT2D eigenvalue weighted by Gasteiger charge is 2.13. The number of benzene rings is 1. The Bertz CT molecular complexity index is 644. The van der Waals surface area contributed by atoms with Gasteiger partial charge in [-0.15, -0.1) is 0 Å². The Hall–Kier alpha value is -2.34. The van der Waals surface area contributed by atoms with Gasteiger partial charge in [0.1, 0.15) is 5.82 Å². The molecule has 0 saturated carbocycles. The molecule has 0 aliphatic rings. The molecule has 110 valence electrons. The molecule has 0 aliphatic carbocycles. The Morgan fingerprint density at radius 3 is 2.71 bits per heavy atom. The third-order valence-electron chi connectivity index (χ3n) is 2.66. The van der Waals surface area contributed by atoms with Gasteiger partial charge < -0.3 is 15.1 Å². The van der Waals surface area contributed by atoms with Crippen molar-refractivity contribution in [1.82, 2.24) is 5.32 Å². The van der Waals surface area contributed by atoms with Gasteiger partial charge in [0.2, 0.25) is 0 Å². The second kappa shape index (κ2) is 6.90. The van der Waals surface area contributed by atoms with Crippen LogP contribution in [0.1, 0.15) is 5.56 Å². The third kappa shape index (κ3) is 4.32. The SMILES string of the molecule is O=C(NCCc1ccoc1)C(=O)Nc1ccc(F)c(Cl)c1. The Kier molecular flexibility index (Phi) is 4.94. The second-order valence-electron chi connectivity index (χ2n) is 4.22. The lowest BCUT2D eigenvalue weighted by Crippen LogP contribution is -2.36. The first-order valence-corrected chi connectivity index (χ1v) is 6.49. The number of furan rings is 1. The van der Waals surface area contributed by atoms with Crippen LogP contribution in [-0.4, -0.2) is 18.4 Å². The van der Waals surface area contributed by atoms with E-state index < -0.39 is 17.6 Å². The van der Waals surface area contributed by atoms with E-state index in [2.05, 4.69) is 10.6 Å². The molecule has 0 aliphatic heterocycles. The molecule has 2 aromatic rings. The van der Waals surface area contributed by atoms with E-state index in [1.165, 1.54) is 18.4 Å². The van der Waals surface area contributed by atoms with Crippen molar-refractivity contribution >= 4 is 29.1 Å². The normalized spacial score (nSPS) is 10.2. The van der Waals surface area contributed by atoms with Crippen LogP contribution in [-0.2, 0) is 16.0 Å². The van der Waals surface area contributed by atoms with Crippen LogP contribution < -0.4 is 10.6 Å². The predicted octanol–water partition coefficient (Wildman–Crippen LogP) is 2.37. The molecule has 2 rings (SSSR count). The summed E-state index contributed by atoms with van der Waals surface area (Å²) in [5.74, 6) is -2.22. The first-order chi connectivity index (χ1) is 10.1. The van der Waals surface area contributed by atoms with Crippen LogP contribution in [0.2, 0.25) is 5.02 Å². The van der Waals surface area contributed by atoms with Crippen LogP contribution in [0.5, 0.6) is 0 Å². The first kappa shape index (κ1) is 15.1. The van der Waals surface area contributed by atoms with Gasteiger partial charge in [0.15, 0.2) is 0 Å². The quantitative estimate of drug-likeness (QED) is 0.852. The number of rotatable bonds is 4. The van der Waals surface area contributed by atoms with E-state index in [0.717, 1.165) is 11.6 Å². The van der Waals surface area contributed by atoms with Crippen LogP contribution in [0.15, 0.2) is 41.2 Å². The highest BCUT2D eigenvalue weighted by molar-refractivity contribution is 6.39. The molecule has 1 aromatic heterocycles. The molecule has 0 fully saturated rings. The Morgan fingerprint density at radius 1 is 1.24 bits per heavy atom. The summed E-state index contributed by atoms with van der Waals surface area (Å²) < 4.78 is 17.8. The van der Waals surface area contributed by atoms with Gasteiger partial charge in [0.05, 0.1) is 17.5 Å². The zero-order chi connectivity index (χ0) is 15.2. The fraction of sp³-hybridized carbons (Fsp3) is 0.143. The minimum atomic E-state index is -0.843. The number of hydrogen-bond donors (Lipinski definition) is 2. The predicted molar refractivity (Wildman–Crippen MR) is 75.5 cm³/mol. The first-order valence-electron chi connectivity index (χ1n) is 6.11. The largest absolute Gasteiger partial charge is 0.472 e. The van der Waals surface area contributed by atoms with Crippen LogP contribution in [0.25, 0.3) is 0 Å². The number of carbonyl (C=O) groups is 2. The van der Waals surface area contributed by atoms with Crippen molar-refractivity contribution < 1.29 is 18.4 Å². The highest BCUT2D eigenvalue weighted by atomic mass is 35.5. The maximum atomic E-state index is 13.0. The summed E-state index contributed by atoms with van der Waals surface area (Å²) in [4.78, 5) is 23.2. The minimum Gasteiger partial charge on any atom is -0.472 e. The van der Waals surface area contributed by atoms with Crippen molar-refractivity contribution in [3.8, 4) is 0 Å². The maximum Gasteiger partial charge on any atom is 0.313 e. The van der Waals surface area contributed by atoms with E-state index in [4.69, 9.17) is 16.0 Å². The molecular weight excluding hydrogens is 299 g/mol. The summed E-state index contributed by atoms with van der Waals surface area (Å²) in [5, 5.41) is 4.67. The molecule has 0 saturated heterocycles. The fourth-order valence-electron chi connectivity index (χ4n) is 1.60. The molecule has 2 N–H and O–H groups in total. The highest BCUT2D eigenvalue weighted by Crippen LogP contribution is 2.19. The van der Waals surface area contributed by atoms with Crippen molar-refractivity contribution in [2.75, 3.05) is 11.9 Å². The van der Waals surface area contributed by atoms with Gasteiger partial charge in [0, 0.05) is 12.2 Å². The molecule has 1 aromatic carbocycles. The topological polar surface area (TPSA) is 71.3 Å². The fourth-order valence-corrected chi connectivity index (χ4v) is 1.78. The summed E-state index contributed by atoms with van der Waals surface area (Å²) in [6.45, 7) is 0.302. The van der Waals surface area contributed by atoms with Gasteiger partial charge in [0.25, 0.3) is 0 Å². The van der Waals surface area contributed by atoms with E-state index in [0.29, 0.717) is 13.0 Å². The number of amides is 2.